The van der Waals surface area contributed by atoms with Crippen LogP contribution in [0.5, 0.6) is 5.75 Å². The highest BCUT2D eigenvalue weighted by molar-refractivity contribution is 14.0. The molecule has 8 heteroatoms. The van der Waals surface area contributed by atoms with Gasteiger partial charge >= 0.3 is 0 Å². The van der Waals surface area contributed by atoms with Crippen molar-refractivity contribution in [2.24, 2.45) is 4.99 Å². The van der Waals surface area contributed by atoms with Crippen molar-refractivity contribution < 1.29 is 13.9 Å². The largest absolute Gasteiger partial charge is 0.497 e. The van der Waals surface area contributed by atoms with Crippen molar-refractivity contribution in [3.63, 3.8) is 0 Å². The molecule has 2 N–H and O–H groups in total. The number of halogens is 2. The first-order valence-corrected chi connectivity index (χ1v) is 8.97. The average molecular weight is 508 g/mol. The van der Waals surface area contributed by atoms with Gasteiger partial charge in [-0.15, -0.1) is 24.0 Å². The Bertz CT molecular complexity index is 681. The summed E-state index contributed by atoms with van der Waals surface area (Å²) in [6.07, 6.45) is 3.33. The van der Waals surface area contributed by atoms with Gasteiger partial charge in [0, 0.05) is 31.8 Å². The number of benzene rings is 1. The van der Waals surface area contributed by atoms with E-state index in [1.54, 1.807) is 20.4 Å². The van der Waals surface area contributed by atoms with E-state index in [1.807, 2.05) is 30.3 Å². The van der Waals surface area contributed by atoms with E-state index in [-0.39, 0.29) is 24.0 Å². The molecule has 1 heterocycles. The van der Waals surface area contributed by atoms with E-state index in [9.17, 15) is 0 Å². The van der Waals surface area contributed by atoms with Gasteiger partial charge in [-0.25, -0.2) is 0 Å². The molecule has 27 heavy (non-hydrogen) atoms. The highest BCUT2D eigenvalue weighted by atomic mass is 127. The Labute approximate surface area is 182 Å². The van der Waals surface area contributed by atoms with Crippen LogP contribution in [0.3, 0.4) is 0 Å². The van der Waals surface area contributed by atoms with Gasteiger partial charge in [0.2, 0.25) is 0 Å². The predicted octanol–water partition coefficient (Wildman–Crippen LogP) is 3.87. The minimum atomic E-state index is 0. The Hall–Kier alpha value is -1.45. The highest BCUT2D eigenvalue weighted by Gasteiger charge is 2.03. The predicted molar refractivity (Wildman–Crippen MR) is 119 cm³/mol. The maximum atomic E-state index is 6.25. The molecule has 2 rings (SSSR count). The summed E-state index contributed by atoms with van der Waals surface area (Å²) in [6.45, 7) is 2.68. The number of aliphatic imine (C=N–C) groups is 1. The summed E-state index contributed by atoms with van der Waals surface area (Å²) >= 11 is 6.25. The Balaban J connectivity index is 0.00000364. The maximum Gasteiger partial charge on any atom is 0.190 e. The van der Waals surface area contributed by atoms with Crippen LogP contribution in [0.1, 0.15) is 17.7 Å². The molecular formula is C19H27ClIN3O3. The van der Waals surface area contributed by atoms with Crippen LogP contribution in [0.4, 0.5) is 0 Å². The van der Waals surface area contributed by atoms with Crippen LogP contribution >= 0.6 is 35.6 Å². The second-order valence-corrected chi connectivity index (χ2v) is 6.03. The summed E-state index contributed by atoms with van der Waals surface area (Å²) in [5, 5.41) is 7.26. The molecule has 6 nitrogen and oxygen atoms in total. The molecule has 0 aliphatic carbocycles. The van der Waals surface area contributed by atoms with Crippen LogP contribution in [0.25, 0.3) is 0 Å². The number of rotatable bonds is 10. The lowest BCUT2D eigenvalue weighted by molar-refractivity contribution is 0.105. The Morgan fingerprint density at radius 2 is 2.04 bits per heavy atom. The first-order valence-electron chi connectivity index (χ1n) is 8.60. The van der Waals surface area contributed by atoms with Gasteiger partial charge in [0.25, 0.3) is 0 Å². The van der Waals surface area contributed by atoms with E-state index in [2.05, 4.69) is 15.6 Å². The number of methoxy groups -OCH3 is 1. The van der Waals surface area contributed by atoms with Gasteiger partial charge in [-0.3, -0.25) is 4.99 Å². The normalized spacial score (nSPS) is 11.0. The van der Waals surface area contributed by atoms with Crippen molar-refractivity contribution in [3.8, 4) is 5.75 Å². The zero-order valence-electron chi connectivity index (χ0n) is 15.7. The molecule has 0 bridgehead atoms. The molecule has 0 aliphatic rings. The third kappa shape index (κ3) is 8.85. The van der Waals surface area contributed by atoms with E-state index < -0.39 is 0 Å². The summed E-state index contributed by atoms with van der Waals surface area (Å²) in [5.41, 5.74) is 1.07. The fourth-order valence-corrected chi connectivity index (χ4v) is 2.61. The van der Waals surface area contributed by atoms with Gasteiger partial charge in [-0.05, 0) is 42.7 Å². The zero-order chi connectivity index (χ0) is 18.6. The lowest BCUT2D eigenvalue weighted by Crippen LogP contribution is -2.39. The van der Waals surface area contributed by atoms with Crippen molar-refractivity contribution in [1.29, 1.82) is 0 Å². The number of furan rings is 1. The molecule has 0 saturated carbocycles. The van der Waals surface area contributed by atoms with Crippen molar-refractivity contribution in [3.05, 3.63) is 52.9 Å². The van der Waals surface area contributed by atoms with Gasteiger partial charge in [0.15, 0.2) is 5.96 Å². The molecule has 0 spiro atoms. The molecule has 2 aromatic rings. The summed E-state index contributed by atoms with van der Waals surface area (Å²) in [5.74, 6) is 2.37. The summed E-state index contributed by atoms with van der Waals surface area (Å²) in [7, 11) is 3.38. The van der Waals surface area contributed by atoms with E-state index in [0.717, 1.165) is 49.0 Å². The minimum absolute atomic E-state index is 0. The molecule has 0 unspecified atom stereocenters. The number of guanidine groups is 1. The molecule has 0 aliphatic heterocycles. The lowest BCUT2D eigenvalue weighted by atomic mass is 10.1. The Morgan fingerprint density at radius 3 is 2.70 bits per heavy atom. The average Bonchev–Trinajstić information content (AvgIpc) is 3.17. The van der Waals surface area contributed by atoms with E-state index >= 15 is 0 Å². The van der Waals surface area contributed by atoms with Crippen LogP contribution in [0.2, 0.25) is 5.02 Å². The van der Waals surface area contributed by atoms with Gasteiger partial charge in [0.05, 0.1) is 13.4 Å². The van der Waals surface area contributed by atoms with Crippen LogP contribution in [0, 0.1) is 0 Å². The number of hydrogen-bond donors (Lipinski definition) is 2. The van der Waals surface area contributed by atoms with Crippen LogP contribution < -0.4 is 15.4 Å². The molecule has 1 aromatic heterocycles. The van der Waals surface area contributed by atoms with Gasteiger partial charge < -0.3 is 24.5 Å². The van der Waals surface area contributed by atoms with Crippen molar-refractivity contribution in [1.82, 2.24) is 10.6 Å². The van der Waals surface area contributed by atoms with E-state index in [0.29, 0.717) is 18.2 Å². The Morgan fingerprint density at radius 1 is 1.22 bits per heavy atom. The Kier molecular flexibility index (Phi) is 12.0. The molecule has 1 aromatic carbocycles. The van der Waals surface area contributed by atoms with Crippen LogP contribution in [-0.4, -0.2) is 39.8 Å². The molecule has 0 amide bonds. The molecule has 0 saturated heterocycles. The van der Waals surface area contributed by atoms with Crippen molar-refractivity contribution >= 4 is 41.5 Å². The topological polar surface area (TPSA) is 68.0 Å². The third-order valence-electron chi connectivity index (χ3n) is 3.75. The molecule has 0 radical (unpaired) electrons. The SMILES string of the molecule is CN=C(NCCCOCc1ccco1)NCCc1ccc(OC)cc1Cl.I. The molecule has 0 atom stereocenters. The van der Waals surface area contributed by atoms with Gasteiger partial charge in [-0.1, -0.05) is 17.7 Å². The number of nitrogens with one attached hydrogen (secondary N) is 2. The smallest absolute Gasteiger partial charge is 0.190 e. The third-order valence-corrected chi connectivity index (χ3v) is 4.10. The second kappa shape index (κ2) is 13.7. The van der Waals surface area contributed by atoms with Crippen LogP contribution in [0.15, 0.2) is 46.0 Å². The van der Waals surface area contributed by atoms with Gasteiger partial charge in [0.1, 0.15) is 18.1 Å². The summed E-state index contributed by atoms with van der Waals surface area (Å²) in [6, 6.07) is 9.48. The van der Waals surface area contributed by atoms with Crippen LogP contribution in [-0.2, 0) is 17.8 Å². The monoisotopic (exact) mass is 507 g/mol. The lowest BCUT2D eigenvalue weighted by Gasteiger charge is -2.12. The fraction of sp³-hybridized carbons (Fsp3) is 0.421. The fourth-order valence-electron chi connectivity index (χ4n) is 2.34. The minimum Gasteiger partial charge on any atom is -0.497 e. The molecule has 150 valence electrons. The first-order chi connectivity index (χ1) is 12.7. The first kappa shape index (κ1) is 23.6. The van der Waals surface area contributed by atoms with E-state index in [4.69, 9.17) is 25.5 Å². The maximum absolute atomic E-state index is 6.25. The highest BCUT2D eigenvalue weighted by Crippen LogP contribution is 2.22. The van der Waals surface area contributed by atoms with Crippen molar-refractivity contribution in [2.45, 2.75) is 19.4 Å². The van der Waals surface area contributed by atoms with Crippen molar-refractivity contribution in [2.75, 3.05) is 33.9 Å². The molecule has 0 fully saturated rings. The zero-order valence-corrected chi connectivity index (χ0v) is 18.8. The molecular weight excluding hydrogens is 481 g/mol. The summed E-state index contributed by atoms with van der Waals surface area (Å²) < 4.78 is 15.9. The second-order valence-electron chi connectivity index (χ2n) is 5.62. The van der Waals surface area contributed by atoms with E-state index in [1.165, 1.54) is 0 Å². The number of hydrogen-bond acceptors (Lipinski definition) is 4. The number of nitrogens with zero attached hydrogens (tertiary/aromatic N) is 1. The summed E-state index contributed by atoms with van der Waals surface area (Å²) in [4.78, 5) is 4.21. The quantitative estimate of drug-likeness (QED) is 0.221. The van der Waals surface area contributed by atoms with Gasteiger partial charge in [-0.2, -0.15) is 0 Å². The standard InChI is InChI=1S/C19H26ClN3O3.HI/c1-21-19(22-9-4-11-25-14-17-5-3-12-26-17)23-10-8-15-6-7-16(24-2)13-18(15)20;/h3,5-7,12-13H,4,8-11,14H2,1-2H3,(H2,21,22,23);1H. The number of ether oxygens (including phenoxy) is 2.